The number of carbonyl (C=O) groups is 1. The minimum atomic E-state index is -0.328. The number of hydrogen-bond acceptors (Lipinski definition) is 3. The normalized spacial score (nSPS) is 21.6. The van der Waals surface area contributed by atoms with Crippen LogP contribution in [0.2, 0.25) is 0 Å². The molecule has 0 saturated heterocycles. The molecule has 0 radical (unpaired) electrons. The fourth-order valence-corrected chi connectivity index (χ4v) is 3.11. The molecule has 1 amide bonds. The molecule has 2 rings (SSSR count). The molecule has 0 bridgehead atoms. The molecule has 122 valence electrons. The summed E-state index contributed by atoms with van der Waals surface area (Å²) in [6.07, 6.45) is 2.90. The standard InChI is InChI=1S/C18H27NO3/c1-14-6-3-4-7-16(14)13-19(10-11-22-2)18(21)15-8-5-9-17(20)12-15/h3-4,6-7,15,17,20H,5,8-13H2,1-2H3/t15-,17+/m0/s1. The Morgan fingerprint density at radius 1 is 1.36 bits per heavy atom. The van der Waals surface area contributed by atoms with Gasteiger partial charge in [0.1, 0.15) is 0 Å². The van der Waals surface area contributed by atoms with E-state index in [4.69, 9.17) is 4.74 Å². The minimum absolute atomic E-state index is 0.0513. The molecular weight excluding hydrogens is 278 g/mol. The first-order valence-electron chi connectivity index (χ1n) is 8.12. The average Bonchev–Trinajstić information content (AvgIpc) is 2.52. The number of carbonyl (C=O) groups excluding carboxylic acids is 1. The maximum absolute atomic E-state index is 12.8. The van der Waals surface area contributed by atoms with Crippen molar-refractivity contribution in [2.75, 3.05) is 20.3 Å². The van der Waals surface area contributed by atoms with Gasteiger partial charge in [0.2, 0.25) is 5.91 Å². The third-order valence-electron chi connectivity index (χ3n) is 4.50. The highest BCUT2D eigenvalue weighted by Gasteiger charge is 2.29. The number of ether oxygens (including phenoxy) is 1. The van der Waals surface area contributed by atoms with Crippen molar-refractivity contribution in [3.63, 3.8) is 0 Å². The number of benzene rings is 1. The van der Waals surface area contributed by atoms with Crippen LogP contribution >= 0.6 is 0 Å². The molecule has 1 aromatic rings. The van der Waals surface area contributed by atoms with Gasteiger partial charge in [0.15, 0.2) is 0 Å². The van der Waals surface area contributed by atoms with Crippen molar-refractivity contribution in [2.24, 2.45) is 5.92 Å². The molecule has 4 nitrogen and oxygen atoms in total. The van der Waals surface area contributed by atoms with Crippen molar-refractivity contribution in [2.45, 2.75) is 45.3 Å². The number of hydrogen-bond donors (Lipinski definition) is 1. The Balaban J connectivity index is 2.07. The highest BCUT2D eigenvalue weighted by Crippen LogP contribution is 2.26. The summed E-state index contributed by atoms with van der Waals surface area (Å²) in [7, 11) is 1.65. The van der Waals surface area contributed by atoms with Crippen molar-refractivity contribution < 1.29 is 14.6 Å². The summed E-state index contributed by atoms with van der Waals surface area (Å²) in [6.45, 7) is 3.81. The predicted molar refractivity (Wildman–Crippen MR) is 86.4 cm³/mol. The van der Waals surface area contributed by atoms with E-state index in [1.165, 1.54) is 11.1 Å². The maximum Gasteiger partial charge on any atom is 0.226 e. The number of aliphatic hydroxyl groups excluding tert-OH is 1. The Morgan fingerprint density at radius 2 is 2.14 bits per heavy atom. The summed E-state index contributed by atoms with van der Waals surface area (Å²) >= 11 is 0. The Hall–Kier alpha value is -1.39. The van der Waals surface area contributed by atoms with E-state index >= 15 is 0 Å². The number of aliphatic hydroxyl groups is 1. The van der Waals surface area contributed by atoms with Crippen molar-refractivity contribution in [3.8, 4) is 0 Å². The summed E-state index contributed by atoms with van der Waals surface area (Å²) in [5.41, 5.74) is 2.37. The van der Waals surface area contributed by atoms with Crippen molar-refractivity contribution in [1.82, 2.24) is 4.90 Å². The smallest absolute Gasteiger partial charge is 0.226 e. The highest BCUT2D eigenvalue weighted by atomic mass is 16.5. The van der Waals surface area contributed by atoms with Gasteiger partial charge in [-0.15, -0.1) is 0 Å². The van der Waals surface area contributed by atoms with Crippen LogP contribution in [0.4, 0.5) is 0 Å². The van der Waals surface area contributed by atoms with E-state index in [0.717, 1.165) is 19.3 Å². The quantitative estimate of drug-likeness (QED) is 0.878. The lowest BCUT2D eigenvalue weighted by Gasteiger charge is -2.31. The van der Waals surface area contributed by atoms with Crippen LogP contribution in [0.15, 0.2) is 24.3 Å². The van der Waals surface area contributed by atoms with E-state index in [2.05, 4.69) is 19.1 Å². The molecular formula is C18H27NO3. The number of amides is 1. The van der Waals surface area contributed by atoms with Crippen LogP contribution in [0.25, 0.3) is 0 Å². The van der Waals surface area contributed by atoms with Gasteiger partial charge in [-0.25, -0.2) is 0 Å². The van der Waals surface area contributed by atoms with Gasteiger partial charge in [0.05, 0.1) is 12.7 Å². The summed E-state index contributed by atoms with van der Waals surface area (Å²) < 4.78 is 5.16. The molecule has 1 N–H and O–H groups in total. The summed E-state index contributed by atoms with van der Waals surface area (Å²) in [5, 5.41) is 9.82. The van der Waals surface area contributed by atoms with Gasteiger partial charge in [-0.2, -0.15) is 0 Å². The van der Waals surface area contributed by atoms with Crippen LogP contribution in [-0.2, 0) is 16.1 Å². The van der Waals surface area contributed by atoms with Crippen LogP contribution in [0.5, 0.6) is 0 Å². The van der Waals surface area contributed by atoms with Crippen LogP contribution in [0, 0.1) is 12.8 Å². The Kier molecular flexibility index (Phi) is 6.40. The first-order valence-corrected chi connectivity index (χ1v) is 8.12. The zero-order chi connectivity index (χ0) is 15.9. The van der Waals surface area contributed by atoms with Gasteiger partial charge >= 0.3 is 0 Å². The van der Waals surface area contributed by atoms with Crippen LogP contribution in [-0.4, -0.2) is 42.3 Å². The molecule has 0 heterocycles. The maximum atomic E-state index is 12.8. The summed E-state index contributed by atoms with van der Waals surface area (Å²) in [6, 6.07) is 8.15. The summed E-state index contributed by atoms with van der Waals surface area (Å²) in [5.74, 6) is 0.101. The topological polar surface area (TPSA) is 49.8 Å². The van der Waals surface area contributed by atoms with Crippen molar-refractivity contribution >= 4 is 5.91 Å². The van der Waals surface area contributed by atoms with E-state index in [9.17, 15) is 9.90 Å². The predicted octanol–water partition coefficient (Wildman–Crippen LogP) is 2.52. The number of rotatable bonds is 6. The highest BCUT2D eigenvalue weighted by molar-refractivity contribution is 5.79. The first-order chi connectivity index (χ1) is 10.6. The van der Waals surface area contributed by atoms with E-state index < -0.39 is 0 Å². The molecule has 1 aliphatic rings. The molecule has 0 aliphatic heterocycles. The fraction of sp³-hybridized carbons (Fsp3) is 0.611. The number of methoxy groups -OCH3 is 1. The molecule has 1 aromatic carbocycles. The van der Waals surface area contributed by atoms with E-state index in [1.54, 1.807) is 7.11 Å². The molecule has 1 fully saturated rings. The third-order valence-corrected chi connectivity index (χ3v) is 4.50. The average molecular weight is 305 g/mol. The third kappa shape index (κ3) is 4.55. The molecule has 22 heavy (non-hydrogen) atoms. The Morgan fingerprint density at radius 3 is 2.82 bits per heavy atom. The molecule has 2 atom stereocenters. The lowest BCUT2D eigenvalue weighted by Crippen LogP contribution is -2.40. The molecule has 1 aliphatic carbocycles. The molecule has 4 heteroatoms. The van der Waals surface area contributed by atoms with Crippen LogP contribution in [0.3, 0.4) is 0 Å². The van der Waals surface area contributed by atoms with E-state index in [0.29, 0.717) is 26.1 Å². The van der Waals surface area contributed by atoms with E-state index in [1.807, 2.05) is 17.0 Å². The van der Waals surface area contributed by atoms with Gasteiger partial charge in [0.25, 0.3) is 0 Å². The van der Waals surface area contributed by atoms with Gasteiger partial charge in [0, 0.05) is 26.1 Å². The Bertz CT molecular complexity index is 489. The second-order valence-electron chi connectivity index (χ2n) is 6.20. The zero-order valence-corrected chi connectivity index (χ0v) is 13.6. The molecule has 0 spiro atoms. The van der Waals surface area contributed by atoms with Gasteiger partial charge in [-0.1, -0.05) is 30.7 Å². The number of nitrogens with zero attached hydrogens (tertiary/aromatic N) is 1. The van der Waals surface area contributed by atoms with Crippen molar-refractivity contribution in [1.29, 1.82) is 0 Å². The van der Waals surface area contributed by atoms with E-state index in [-0.39, 0.29) is 17.9 Å². The van der Waals surface area contributed by atoms with Gasteiger partial charge in [-0.3, -0.25) is 4.79 Å². The monoisotopic (exact) mass is 305 g/mol. The molecule has 0 aromatic heterocycles. The lowest BCUT2D eigenvalue weighted by atomic mass is 9.86. The minimum Gasteiger partial charge on any atom is -0.393 e. The lowest BCUT2D eigenvalue weighted by molar-refractivity contribution is -0.139. The number of aryl methyl sites for hydroxylation is 1. The zero-order valence-electron chi connectivity index (χ0n) is 13.6. The molecule has 1 saturated carbocycles. The first kappa shape index (κ1) is 17.0. The van der Waals surface area contributed by atoms with Crippen molar-refractivity contribution in [3.05, 3.63) is 35.4 Å². The molecule has 0 unspecified atom stereocenters. The van der Waals surface area contributed by atoms with Crippen LogP contribution < -0.4 is 0 Å². The van der Waals surface area contributed by atoms with Crippen LogP contribution in [0.1, 0.15) is 36.8 Å². The second-order valence-corrected chi connectivity index (χ2v) is 6.20. The van der Waals surface area contributed by atoms with Gasteiger partial charge < -0.3 is 14.7 Å². The fourth-order valence-electron chi connectivity index (χ4n) is 3.11. The van der Waals surface area contributed by atoms with Gasteiger partial charge in [-0.05, 0) is 37.3 Å². The Labute approximate surface area is 133 Å². The largest absolute Gasteiger partial charge is 0.393 e. The summed E-state index contributed by atoms with van der Waals surface area (Å²) in [4.78, 5) is 14.7. The second kappa shape index (κ2) is 8.30. The SMILES string of the molecule is COCCN(Cc1ccccc1C)C(=O)[C@H]1CCC[C@@H](O)C1.